The van der Waals surface area contributed by atoms with Gasteiger partial charge >= 0.3 is 5.97 Å². The molecule has 1 unspecified atom stereocenters. The Labute approximate surface area is 304 Å². The molecular formula is C36H69BrN4O8. The molecule has 0 aromatic rings. The molecule has 1 atom stereocenters. The fourth-order valence-corrected chi connectivity index (χ4v) is 5.34. The summed E-state index contributed by atoms with van der Waals surface area (Å²) in [4.78, 5) is 46.8. The van der Waals surface area contributed by atoms with Crippen molar-refractivity contribution >= 4 is 39.6 Å². The van der Waals surface area contributed by atoms with Crippen LogP contribution in [0.1, 0.15) is 129 Å². The molecule has 0 bridgehead atoms. The Morgan fingerprint density at radius 3 is 1.53 bits per heavy atom. The van der Waals surface area contributed by atoms with Crippen LogP contribution in [0.5, 0.6) is 0 Å². The molecule has 0 saturated carbocycles. The van der Waals surface area contributed by atoms with E-state index in [0.29, 0.717) is 72.0 Å². The van der Waals surface area contributed by atoms with Crippen LogP contribution in [-0.2, 0) is 33.4 Å². The lowest BCUT2D eigenvalue weighted by Crippen LogP contribution is -2.48. The summed E-state index contributed by atoms with van der Waals surface area (Å²) in [5.74, 6) is -1.03. The number of hydrogen-bond donors (Lipinski definition) is 5. The second kappa shape index (κ2) is 37.5. The van der Waals surface area contributed by atoms with Gasteiger partial charge in [0.15, 0.2) is 0 Å². The Morgan fingerprint density at radius 2 is 1.04 bits per heavy atom. The number of carboxylic acid groups (broad SMARTS) is 1. The zero-order valence-electron chi connectivity index (χ0n) is 30.5. The zero-order valence-corrected chi connectivity index (χ0v) is 32.1. The number of alkyl halides is 1. The highest BCUT2D eigenvalue weighted by atomic mass is 79.9. The number of amides is 3. The number of carbonyl (C=O) groups is 4. The summed E-state index contributed by atoms with van der Waals surface area (Å²) < 4.78 is 16.5. The van der Waals surface area contributed by atoms with Crippen LogP contribution in [0, 0.1) is 0 Å². The molecule has 0 radical (unpaired) electrons. The number of unbranched alkanes of at least 4 members (excludes halogenated alkanes) is 13. The smallest absolute Gasteiger partial charge is 0.303 e. The van der Waals surface area contributed by atoms with Gasteiger partial charge < -0.3 is 40.6 Å². The summed E-state index contributed by atoms with van der Waals surface area (Å²) in [6.45, 7) is 7.19. The van der Waals surface area contributed by atoms with Gasteiger partial charge in [0, 0.05) is 25.9 Å². The van der Waals surface area contributed by atoms with Crippen LogP contribution < -0.4 is 21.3 Å². The number of halogens is 1. The average molecular weight is 766 g/mol. The van der Waals surface area contributed by atoms with Crippen LogP contribution in [0.25, 0.3) is 0 Å². The molecule has 12 nitrogen and oxygen atoms in total. The van der Waals surface area contributed by atoms with Crippen molar-refractivity contribution in [2.75, 3.05) is 71.2 Å². The van der Waals surface area contributed by atoms with Crippen molar-refractivity contribution < 1.29 is 38.5 Å². The number of aliphatic carboxylic acids is 1. The maximum absolute atomic E-state index is 12.5. The molecule has 0 aliphatic carbocycles. The minimum Gasteiger partial charge on any atom is -0.481 e. The molecule has 0 spiro atoms. The summed E-state index contributed by atoms with van der Waals surface area (Å²) in [5, 5.41) is 20.6. The molecule has 3 amide bonds. The van der Waals surface area contributed by atoms with E-state index in [0.717, 1.165) is 58.0 Å². The lowest BCUT2D eigenvalue weighted by molar-refractivity contribution is -0.137. The first-order valence-electron chi connectivity index (χ1n) is 19.0. The van der Waals surface area contributed by atoms with Gasteiger partial charge in [-0.15, -0.1) is 0 Å². The van der Waals surface area contributed by atoms with E-state index < -0.39 is 12.0 Å². The first kappa shape index (κ1) is 47.2. The van der Waals surface area contributed by atoms with Crippen LogP contribution in [0.3, 0.4) is 0 Å². The first-order valence-corrected chi connectivity index (χ1v) is 20.1. The quantitative estimate of drug-likeness (QED) is 0.0417. The predicted octanol–water partition coefficient (Wildman–Crippen LogP) is 5.25. The number of ether oxygens (including phenoxy) is 3. The van der Waals surface area contributed by atoms with Gasteiger partial charge in [0.2, 0.25) is 17.7 Å². The van der Waals surface area contributed by atoms with Crippen molar-refractivity contribution in [1.82, 2.24) is 21.3 Å². The van der Waals surface area contributed by atoms with Crippen molar-refractivity contribution in [3.8, 4) is 0 Å². The molecule has 288 valence electrons. The van der Waals surface area contributed by atoms with E-state index in [1.54, 1.807) is 0 Å². The molecule has 0 saturated heterocycles. The highest BCUT2D eigenvalue weighted by Crippen LogP contribution is 2.13. The number of nitrogens with one attached hydrogen (secondary N) is 4. The summed E-state index contributed by atoms with van der Waals surface area (Å²) in [6, 6.07) is -0.565. The maximum Gasteiger partial charge on any atom is 0.303 e. The van der Waals surface area contributed by atoms with Gasteiger partial charge in [0.1, 0.15) is 6.04 Å². The van der Waals surface area contributed by atoms with Crippen molar-refractivity contribution in [2.24, 2.45) is 0 Å². The largest absolute Gasteiger partial charge is 0.481 e. The van der Waals surface area contributed by atoms with Crippen molar-refractivity contribution in [2.45, 2.75) is 135 Å². The summed E-state index contributed by atoms with van der Waals surface area (Å²) in [7, 11) is 0. The number of hydrogen-bond acceptors (Lipinski definition) is 8. The third kappa shape index (κ3) is 35.8. The minimum absolute atomic E-state index is 0.0778. The van der Waals surface area contributed by atoms with Gasteiger partial charge in [-0.05, 0) is 45.2 Å². The molecule has 0 aliphatic heterocycles. The second-order valence-corrected chi connectivity index (χ2v) is 13.0. The molecule has 0 fully saturated rings. The zero-order chi connectivity index (χ0) is 36.0. The third-order valence-corrected chi connectivity index (χ3v) is 8.46. The van der Waals surface area contributed by atoms with E-state index in [-0.39, 0.29) is 23.1 Å². The topological polar surface area (TPSA) is 164 Å². The summed E-state index contributed by atoms with van der Waals surface area (Å²) >= 11 is 3.12. The van der Waals surface area contributed by atoms with Crippen LogP contribution >= 0.6 is 15.9 Å². The Kier molecular flexibility index (Phi) is 36.1. The van der Waals surface area contributed by atoms with Crippen molar-refractivity contribution in [1.29, 1.82) is 0 Å². The fourth-order valence-electron chi connectivity index (χ4n) is 5.18. The standard InChI is InChI=1S/C36H69BrN4O8/c1-2-21-38-22-17-18-32(41-34(43)31-37)36(46)40-24-26-48-28-30-49-29-27-47-25-23-39-33(42)19-15-13-11-9-7-5-3-4-6-8-10-12-14-16-20-35(44)45/h32,38H,2-31H2,1H3,(H,39,42)(H,40,46)(H,41,43)(H,44,45). The Bertz CT molecular complexity index is 809. The van der Waals surface area contributed by atoms with E-state index in [2.05, 4.69) is 44.1 Å². The summed E-state index contributed by atoms with van der Waals surface area (Å²) in [5.41, 5.74) is 0. The van der Waals surface area contributed by atoms with Crippen LogP contribution in [0.15, 0.2) is 0 Å². The molecule has 0 aliphatic rings. The Hall–Kier alpha value is -1.80. The maximum atomic E-state index is 12.5. The van der Waals surface area contributed by atoms with Gasteiger partial charge in [-0.1, -0.05) is 99.9 Å². The second-order valence-electron chi connectivity index (χ2n) is 12.5. The molecule has 0 aromatic carbocycles. The predicted molar refractivity (Wildman–Crippen MR) is 198 cm³/mol. The lowest BCUT2D eigenvalue weighted by atomic mass is 10.0. The third-order valence-electron chi connectivity index (χ3n) is 7.95. The normalized spacial score (nSPS) is 11.7. The highest BCUT2D eigenvalue weighted by molar-refractivity contribution is 9.09. The van der Waals surface area contributed by atoms with Gasteiger partial charge in [-0.25, -0.2) is 0 Å². The van der Waals surface area contributed by atoms with E-state index in [9.17, 15) is 19.2 Å². The van der Waals surface area contributed by atoms with Crippen LogP contribution in [0.2, 0.25) is 0 Å². The van der Waals surface area contributed by atoms with Crippen LogP contribution in [-0.4, -0.2) is 106 Å². The van der Waals surface area contributed by atoms with E-state index >= 15 is 0 Å². The van der Waals surface area contributed by atoms with E-state index in [4.69, 9.17) is 19.3 Å². The highest BCUT2D eigenvalue weighted by Gasteiger charge is 2.19. The Balaban J connectivity index is 3.47. The molecule has 0 heterocycles. The average Bonchev–Trinajstić information content (AvgIpc) is 3.09. The monoisotopic (exact) mass is 764 g/mol. The number of rotatable bonds is 38. The molecule has 0 rings (SSSR count). The number of carbonyl (C=O) groups excluding carboxylic acids is 3. The molecule has 5 N–H and O–H groups in total. The lowest BCUT2D eigenvalue weighted by Gasteiger charge is -2.18. The van der Waals surface area contributed by atoms with Crippen molar-refractivity contribution in [3.05, 3.63) is 0 Å². The molecular weight excluding hydrogens is 696 g/mol. The molecule has 13 heteroatoms. The SMILES string of the molecule is CCCNCCCC(NC(=O)CBr)C(=O)NCCOCCOCCOCCNC(=O)CCCCCCCCCCCCCCCCC(=O)O. The van der Waals surface area contributed by atoms with Gasteiger partial charge in [0.25, 0.3) is 0 Å². The Morgan fingerprint density at radius 1 is 0.571 bits per heavy atom. The van der Waals surface area contributed by atoms with E-state index in [1.165, 1.54) is 57.8 Å². The molecule has 49 heavy (non-hydrogen) atoms. The first-order chi connectivity index (χ1) is 23.9. The van der Waals surface area contributed by atoms with Crippen molar-refractivity contribution in [3.63, 3.8) is 0 Å². The molecule has 0 aromatic heterocycles. The van der Waals surface area contributed by atoms with E-state index in [1.807, 2.05) is 0 Å². The minimum atomic E-state index is -0.687. The number of carboxylic acids is 1. The fraction of sp³-hybridized carbons (Fsp3) is 0.889. The van der Waals surface area contributed by atoms with Gasteiger partial charge in [-0.2, -0.15) is 0 Å². The van der Waals surface area contributed by atoms with Gasteiger partial charge in [-0.3, -0.25) is 19.2 Å². The van der Waals surface area contributed by atoms with Gasteiger partial charge in [0.05, 0.1) is 45.0 Å². The summed E-state index contributed by atoms with van der Waals surface area (Å²) in [6.07, 6.45) is 19.6. The van der Waals surface area contributed by atoms with Crippen LogP contribution in [0.4, 0.5) is 0 Å².